The molecule has 0 amide bonds. The highest BCUT2D eigenvalue weighted by molar-refractivity contribution is 6.29. The first-order chi connectivity index (χ1) is 8.14. The summed E-state index contributed by atoms with van der Waals surface area (Å²) in [7, 11) is 0. The standard InChI is InChI=1S/C10H13ClF3N3O/c1-9(2,3-4-18)17-7-5-6(11)15-8(16-7)10(12,13)14/h5,18H,3-4H2,1-2H3,(H,15,16,17). The van der Waals surface area contributed by atoms with Crippen LogP contribution in [0.25, 0.3) is 0 Å². The predicted molar refractivity (Wildman–Crippen MR) is 61.4 cm³/mol. The summed E-state index contributed by atoms with van der Waals surface area (Å²) in [6.45, 7) is 3.37. The monoisotopic (exact) mass is 283 g/mol. The van der Waals surface area contributed by atoms with Gasteiger partial charge in [0, 0.05) is 18.2 Å². The SMILES string of the molecule is CC(C)(CCO)Nc1cc(Cl)nc(C(F)(F)F)n1. The van der Waals surface area contributed by atoms with Crippen molar-refractivity contribution in [2.75, 3.05) is 11.9 Å². The molecule has 1 aromatic rings. The summed E-state index contributed by atoms with van der Waals surface area (Å²) >= 11 is 5.52. The van der Waals surface area contributed by atoms with Crippen LogP contribution < -0.4 is 5.32 Å². The maximum Gasteiger partial charge on any atom is 0.451 e. The quantitative estimate of drug-likeness (QED) is 0.834. The largest absolute Gasteiger partial charge is 0.451 e. The van der Waals surface area contributed by atoms with Crippen molar-refractivity contribution in [1.29, 1.82) is 0 Å². The predicted octanol–water partition coefficient (Wildman–Crippen LogP) is 2.72. The van der Waals surface area contributed by atoms with Crippen molar-refractivity contribution < 1.29 is 18.3 Å². The van der Waals surface area contributed by atoms with E-state index in [9.17, 15) is 13.2 Å². The van der Waals surface area contributed by atoms with E-state index in [-0.39, 0.29) is 17.6 Å². The minimum absolute atomic E-state index is 0.0271. The molecule has 8 heteroatoms. The molecule has 0 bridgehead atoms. The van der Waals surface area contributed by atoms with Crippen LogP contribution in [0.4, 0.5) is 19.0 Å². The van der Waals surface area contributed by atoms with Crippen molar-refractivity contribution in [2.45, 2.75) is 32.0 Å². The lowest BCUT2D eigenvalue weighted by Crippen LogP contribution is -2.32. The van der Waals surface area contributed by atoms with Gasteiger partial charge in [0.2, 0.25) is 5.82 Å². The summed E-state index contributed by atoms with van der Waals surface area (Å²) in [6, 6.07) is 1.20. The van der Waals surface area contributed by atoms with Crippen molar-refractivity contribution in [3.05, 3.63) is 17.0 Å². The number of hydrogen-bond donors (Lipinski definition) is 2. The molecule has 1 aromatic heterocycles. The fourth-order valence-corrected chi connectivity index (χ4v) is 1.48. The second-order valence-corrected chi connectivity index (χ2v) is 4.77. The first-order valence-corrected chi connectivity index (χ1v) is 5.53. The minimum atomic E-state index is -4.65. The van der Waals surface area contributed by atoms with Crippen LogP contribution in [-0.4, -0.2) is 27.2 Å². The Hall–Kier alpha value is -1.08. The average molecular weight is 284 g/mol. The third kappa shape index (κ3) is 4.30. The zero-order chi connectivity index (χ0) is 14.0. The Kier molecular flexibility index (Phi) is 4.39. The number of aliphatic hydroxyl groups excluding tert-OH is 1. The molecule has 2 N–H and O–H groups in total. The average Bonchev–Trinajstić information content (AvgIpc) is 2.13. The lowest BCUT2D eigenvalue weighted by Gasteiger charge is -2.26. The highest BCUT2D eigenvalue weighted by Crippen LogP contribution is 2.29. The molecule has 102 valence electrons. The number of hydrogen-bond acceptors (Lipinski definition) is 4. The number of nitrogens with zero attached hydrogens (tertiary/aromatic N) is 2. The number of aliphatic hydroxyl groups is 1. The van der Waals surface area contributed by atoms with Gasteiger partial charge in [-0.3, -0.25) is 0 Å². The Balaban J connectivity index is 3.00. The van der Waals surface area contributed by atoms with Gasteiger partial charge in [0.15, 0.2) is 0 Å². The molecule has 0 aliphatic rings. The topological polar surface area (TPSA) is 58.0 Å². The van der Waals surface area contributed by atoms with Crippen LogP contribution in [0.3, 0.4) is 0 Å². The summed E-state index contributed by atoms with van der Waals surface area (Å²) < 4.78 is 37.4. The summed E-state index contributed by atoms with van der Waals surface area (Å²) in [5.74, 6) is -1.32. The zero-order valence-corrected chi connectivity index (χ0v) is 10.6. The van der Waals surface area contributed by atoms with Crippen molar-refractivity contribution in [1.82, 2.24) is 9.97 Å². The van der Waals surface area contributed by atoms with Gasteiger partial charge in [0.1, 0.15) is 11.0 Å². The number of aromatic nitrogens is 2. The minimum Gasteiger partial charge on any atom is -0.396 e. The van der Waals surface area contributed by atoms with Crippen LogP contribution >= 0.6 is 11.6 Å². The molecule has 0 atom stereocenters. The van der Waals surface area contributed by atoms with Crippen molar-refractivity contribution >= 4 is 17.4 Å². The number of nitrogens with one attached hydrogen (secondary N) is 1. The molecular weight excluding hydrogens is 271 g/mol. The Labute approximate surface area is 107 Å². The van der Waals surface area contributed by atoms with Gasteiger partial charge >= 0.3 is 6.18 Å². The molecule has 0 unspecified atom stereocenters. The van der Waals surface area contributed by atoms with Gasteiger partial charge in [-0.1, -0.05) is 11.6 Å². The smallest absolute Gasteiger partial charge is 0.396 e. The van der Waals surface area contributed by atoms with Gasteiger partial charge in [-0.05, 0) is 20.3 Å². The molecule has 0 fully saturated rings. The van der Waals surface area contributed by atoms with E-state index in [1.807, 2.05) is 0 Å². The van der Waals surface area contributed by atoms with Crippen LogP contribution in [0.15, 0.2) is 6.07 Å². The lowest BCUT2D eigenvalue weighted by atomic mass is 10.0. The maximum absolute atomic E-state index is 12.5. The van der Waals surface area contributed by atoms with Crippen molar-refractivity contribution in [3.63, 3.8) is 0 Å². The molecule has 1 heterocycles. The molecule has 0 aliphatic heterocycles. The van der Waals surface area contributed by atoms with Gasteiger partial charge in [-0.15, -0.1) is 0 Å². The number of rotatable bonds is 4. The van der Waals surface area contributed by atoms with E-state index in [0.29, 0.717) is 6.42 Å². The first kappa shape index (κ1) is 15.0. The zero-order valence-electron chi connectivity index (χ0n) is 9.85. The van der Waals surface area contributed by atoms with Crippen molar-refractivity contribution in [3.8, 4) is 0 Å². The fraction of sp³-hybridized carbons (Fsp3) is 0.600. The summed E-state index contributed by atoms with van der Waals surface area (Å²) in [6.07, 6.45) is -4.29. The van der Waals surface area contributed by atoms with Crippen LogP contribution in [0, 0.1) is 0 Å². The van der Waals surface area contributed by atoms with Crippen LogP contribution in [0.5, 0.6) is 0 Å². The molecule has 0 aromatic carbocycles. The fourth-order valence-electron chi connectivity index (χ4n) is 1.30. The molecule has 4 nitrogen and oxygen atoms in total. The maximum atomic E-state index is 12.5. The highest BCUT2D eigenvalue weighted by Gasteiger charge is 2.35. The second-order valence-electron chi connectivity index (χ2n) is 4.38. The van der Waals surface area contributed by atoms with E-state index in [2.05, 4.69) is 15.3 Å². The number of anilines is 1. The molecular formula is C10H13ClF3N3O. The van der Waals surface area contributed by atoms with Crippen LogP contribution in [0.1, 0.15) is 26.1 Å². The van der Waals surface area contributed by atoms with E-state index in [0.717, 1.165) is 0 Å². The highest BCUT2D eigenvalue weighted by atomic mass is 35.5. The van der Waals surface area contributed by atoms with Gasteiger partial charge in [-0.25, -0.2) is 9.97 Å². The normalized spacial score (nSPS) is 12.6. The summed E-state index contributed by atoms with van der Waals surface area (Å²) in [5.41, 5.74) is -0.602. The van der Waals surface area contributed by atoms with E-state index in [1.165, 1.54) is 6.07 Å². The van der Waals surface area contributed by atoms with Crippen LogP contribution in [-0.2, 0) is 6.18 Å². The molecule has 18 heavy (non-hydrogen) atoms. The molecule has 0 spiro atoms. The van der Waals surface area contributed by atoms with Gasteiger partial charge in [0.05, 0.1) is 0 Å². The number of halogens is 4. The van der Waals surface area contributed by atoms with E-state index < -0.39 is 17.5 Å². The summed E-state index contributed by atoms with van der Waals surface area (Å²) in [4.78, 5) is 6.48. The molecule has 0 aliphatic carbocycles. The molecule has 0 saturated heterocycles. The van der Waals surface area contributed by atoms with Gasteiger partial charge < -0.3 is 10.4 Å². The van der Waals surface area contributed by atoms with Crippen LogP contribution in [0.2, 0.25) is 5.15 Å². The second kappa shape index (κ2) is 5.27. The van der Waals surface area contributed by atoms with E-state index in [1.54, 1.807) is 13.8 Å². The third-order valence-corrected chi connectivity index (χ3v) is 2.35. The van der Waals surface area contributed by atoms with Gasteiger partial charge in [0.25, 0.3) is 0 Å². The Morgan fingerprint density at radius 2 is 1.94 bits per heavy atom. The summed E-state index contributed by atoms with van der Waals surface area (Å²) in [5, 5.41) is 11.3. The Bertz CT molecular complexity index is 423. The molecule has 0 radical (unpaired) electrons. The number of alkyl halides is 3. The lowest BCUT2D eigenvalue weighted by molar-refractivity contribution is -0.144. The van der Waals surface area contributed by atoms with Crippen molar-refractivity contribution in [2.24, 2.45) is 0 Å². The Morgan fingerprint density at radius 1 is 1.33 bits per heavy atom. The first-order valence-electron chi connectivity index (χ1n) is 5.15. The molecule has 0 saturated carbocycles. The molecule has 1 rings (SSSR count). The Morgan fingerprint density at radius 3 is 2.44 bits per heavy atom. The van der Waals surface area contributed by atoms with Gasteiger partial charge in [-0.2, -0.15) is 13.2 Å². The van der Waals surface area contributed by atoms with E-state index >= 15 is 0 Å². The third-order valence-electron chi connectivity index (χ3n) is 2.15. The van der Waals surface area contributed by atoms with E-state index in [4.69, 9.17) is 16.7 Å².